The van der Waals surface area contributed by atoms with E-state index in [-0.39, 0.29) is 23.0 Å². The summed E-state index contributed by atoms with van der Waals surface area (Å²) in [5, 5.41) is 5.18. The molecule has 10 heteroatoms. The van der Waals surface area contributed by atoms with Crippen LogP contribution in [0.15, 0.2) is 23.0 Å². The Morgan fingerprint density at radius 1 is 1.25 bits per heavy atom. The van der Waals surface area contributed by atoms with Crippen molar-refractivity contribution in [1.29, 1.82) is 0 Å². The third-order valence-corrected chi connectivity index (χ3v) is 6.42. The minimum atomic E-state index is -3.19. The van der Waals surface area contributed by atoms with E-state index in [1.165, 1.54) is 25.5 Å². The van der Waals surface area contributed by atoms with E-state index < -0.39 is 45.3 Å². The van der Waals surface area contributed by atoms with E-state index in [1.54, 1.807) is 20.8 Å². The molecule has 1 aromatic rings. The maximum absolute atomic E-state index is 12.6. The Labute approximate surface area is 164 Å². The van der Waals surface area contributed by atoms with E-state index in [1.807, 2.05) is 0 Å². The Morgan fingerprint density at radius 2 is 1.93 bits per heavy atom. The Balaban J connectivity index is 1.98. The lowest BCUT2D eigenvalue weighted by molar-refractivity contribution is -0.160. The summed E-state index contributed by atoms with van der Waals surface area (Å²) in [5.74, 6) is -2.32. The predicted molar refractivity (Wildman–Crippen MR) is 100 cm³/mol. The zero-order chi connectivity index (χ0) is 21.1. The van der Waals surface area contributed by atoms with Gasteiger partial charge in [-0.15, -0.1) is 0 Å². The fourth-order valence-electron chi connectivity index (χ4n) is 2.93. The van der Waals surface area contributed by atoms with Crippen molar-refractivity contribution in [1.82, 2.24) is 10.6 Å². The molecular formula is C18H26N2O7S. The summed E-state index contributed by atoms with van der Waals surface area (Å²) in [5.41, 5.74) is -0.635. The molecule has 2 rings (SSSR count). The standard InChI is InChI=1S/C18H26N2O7S/c1-11(2)14(16(22)20-18(4)6-8-28(24,25)10-18)27-17(23)12(3)19-15(21)13-5-7-26-9-13/h5,7,9,11-12,14H,6,8,10H2,1-4H3,(H,19,21)(H,20,22). The minimum absolute atomic E-state index is 0.00693. The molecule has 0 radical (unpaired) electrons. The van der Waals surface area contributed by atoms with Crippen LogP contribution in [-0.4, -0.2) is 55.4 Å². The number of hydrogen-bond acceptors (Lipinski definition) is 7. The number of hydrogen-bond donors (Lipinski definition) is 2. The van der Waals surface area contributed by atoms with Gasteiger partial charge in [-0.25, -0.2) is 13.2 Å². The Hall–Kier alpha value is -2.36. The summed E-state index contributed by atoms with van der Waals surface area (Å²) in [7, 11) is -3.19. The van der Waals surface area contributed by atoms with Crippen molar-refractivity contribution >= 4 is 27.6 Å². The molecule has 0 saturated carbocycles. The molecule has 0 spiro atoms. The molecule has 9 nitrogen and oxygen atoms in total. The zero-order valence-electron chi connectivity index (χ0n) is 16.4. The van der Waals surface area contributed by atoms with Crippen LogP contribution in [-0.2, 0) is 24.2 Å². The summed E-state index contributed by atoms with van der Waals surface area (Å²) in [4.78, 5) is 37.0. The van der Waals surface area contributed by atoms with E-state index in [0.717, 1.165) is 0 Å². The smallest absolute Gasteiger partial charge is 0.329 e. The highest BCUT2D eigenvalue weighted by molar-refractivity contribution is 7.91. The average Bonchev–Trinajstić information content (AvgIpc) is 3.19. The summed E-state index contributed by atoms with van der Waals surface area (Å²) in [6.45, 7) is 6.52. The number of carbonyl (C=O) groups is 3. The number of sulfone groups is 1. The molecule has 2 amide bonds. The molecule has 3 unspecified atom stereocenters. The van der Waals surface area contributed by atoms with Gasteiger partial charge in [0, 0.05) is 0 Å². The normalized spacial score (nSPS) is 23.0. The van der Waals surface area contributed by atoms with Crippen LogP contribution in [0.4, 0.5) is 0 Å². The fraction of sp³-hybridized carbons (Fsp3) is 0.611. The van der Waals surface area contributed by atoms with Crippen molar-refractivity contribution in [2.45, 2.75) is 51.8 Å². The van der Waals surface area contributed by atoms with Crippen LogP contribution in [0.1, 0.15) is 44.5 Å². The lowest BCUT2D eigenvalue weighted by Crippen LogP contribution is -2.53. The number of carbonyl (C=O) groups excluding carboxylic acids is 3. The highest BCUT2D eigenvalue weighted by atomic mass is 32.2. The van der Waals surface area contributed by atoms with E-state index in [0.29, 0.717) is 6.42 Å². The molecule has 156 valence electrons. The molecular weight excluding hydrogens is 388 g/mol. The summed E-state index contributed by atoms with van der Waals surface area (Å²) < 4.78 is 33.6. The first-order valence-electron chi connectivity index (χ1n) is 8.98. The lowest BCUT2D eigenvalue weighted by atomic mass is 9.99. The SMILES string of the molecule is CC(NC(=O)c1ccoc1)C(=O)OC(C(=O)NC1(C)CCS(=O)(=O)C1)C(C)C. The van der Waals surface area contributed by atoms with Gasteiger partial charge >= 0.3 is 5.97 Å². The highest BCUT2D eigenvalue weighted by Crippen LogP contribution is 2.23. The van der Waals surface area contributed by atoms with E-state index >= 15 is 0 Å². The Morgan fingerprint density at radius 3 is 2.43 bits per heavy atom. The Bertz CT molecular complexity index is 832. The number of ether oxygens (including phenoxy) is 1. The van der Waals surface area contributed by atoms with Gasteiger partial charge in [-0.3, -0.25) is 9.59 Å². The molecule has 1 aliphatic heterocycles. The minimum Gasteiger partial charge on any atom is -0.472 e. The van der Waals surface area contributed by atoms with Gasteiger partial charge in [0.2, 0.25) is 0 Å². The van der Waals surface area contributed by atoms with Crippen LogP contribution in [0.25, 0.3) is 0 Å². The number of furan rings is 1. The molecule has 0 aromatic carbocycles. The molecule has 28 heavy (non-hydrogen) atoms. The van der Waals surface area contributed by atoms with Crippen molar-refractivity contribution < 1.29 is 32.0 Å². The van der Waals surface area contributed by atoms with Crippen molar-refractivity contribution in [3.05, 3.63) is 24.2 Å². The van der Waals surface area contributed by atoms with Crippen molar-refractivity contribution in [2.75, 3.05) is 11.5 Å². The average molecular weight is 414 g/mol. The summed E-state index contributed by atoms with van der Waals surface area (Å²) in [6, 6.07) is 0.465. The molecule has 1 aromatic heterocycles. The second kappa shape index (κ2) is 8.34. The van der Waals surface area contributed by atoms with E-state index in [2.05, 4.69) is 10.6 Å². The van der Waals surface area contributed by atoms with Gasteiger partial charge in [0.15, 0.2) is 15.9 Å². The number of rotatable bonds is 7. The van der Waals surface area contributed by atoms with Crippen molar-refractivity contribution in [2.24, 2.45) is 5.92 Å². The van der Waals surface area contributed by atoms with Crippen molar-refractivity contribution in [3.63, 3.8) is 0 Å². The fourth-order valence-corrected chi connectivity index (χ4v) is 5.02. The third-order valence-electron chi connectivity index (χ3n) is 4.52. The zero-order valence-corrected chi connectivity index (χ0v) is 17.2. The molecule has 0 bridgehead atoms. The van der Waals surface area contributed by atoms with Crippen LogP contribution in [0.3, 0.4) is 0 Å². The second-order valence-corrected chi connectivity index (χ2v) is 9.88. The van der Waals surface area contributed by atoms with Crippen LogP contribution in [0.5, 0.6) is 0 Å². The van der Waals surface area contributed by atoms with Crippen LogP contribution >= 0.6 is 0 Å². The maximum atomic E-state index is 12.6. The lowest BCUT2D eigenvalue weighted by Gasteiger charge is -2.29. The third kappa shape index (κ3) is 5.57. The number of nitrogens with one attached hydrogen (secondary N) is 2. The first-order chi connectivity index (χ1) is 12.9. The first-order valence-corrected chi connectivity index (χ1v) is 10.8. The second-order valence-electron chi connectivity index (χ2n) is 7.70. The van der Waals surface area contributed by atoms with Crippen LogP contribution < -0.4 is 10.6 Å². The molecule has 2 N–H and O–H groups in total. The monoisotopic (exact) mass is 414 g/mol. The van der Waals surface area contributed by atoms with Gasteiger partial charge in [0.25, 0.3) is 11.8 Å². The molecule has 2 heterocycles. The molecule has 1 saturated heterocycles. The molecule has 3 atom stereocenters. The Kier molecular flexibility index (Phi) is 6.53. The van der Waals surface area contributed by atoms with Gasteiger partial charge in [-0.05, 0) is 32.3 Å². The predicted octanol–water partition coefficient (Wildman–Crippen LogP) is 0.659. The molecule has 1 fully saturated rings. The quantitative estimate of drug-likeness (QED) is 0.626. The first kappa shape index (κ1) is 21.9. The largest absolute Gasteiger partial charge is 0.472 e. The number of esters is 1. The van der Waals surface area contributed by atoms with Crippen LogP contribution in [0.2, 0.25) is 0 Å². The molecule has 0 aliphatic carbocycles. The van der Waals surface area contributed by atoms with Crippen LogP contribution in [0, 0.1) is 5.92 Å². The highest BCUT2D eigenvalue weighted by Gasteiger charge is 2.41. The van der Waals surface area contributed by atoms with E-state index in [9.17, 15) is 22.8 Å². The summed E-state index contributed by atoms with van der Waals surface area (Å²) >= 11 is 0. The van der Waals surface area contributed by atoms with Gasteiger partial charge in [0.1, 0.15) is 12.3 Å². The van der Waals surface area contributed by atoms with Gasteiger partial charge < -0.3 is 19.8 Å². The van der Waals surface area contributed by atoms with Gasteiger partial charge in [-0.2, -0.15) is 0 Å². The topological polar surface area (TPSA) is 132 Å². The van der Waals surface area contributed by atoms with Gasteiger partial charge in [-0.1, -0.05) is 13.8 Å². The van der Waals surface area contributed by atoms with E-state index in [4.69, 9.17) is 9.15 Å². The molecule has 1 aliphatic rings. The maximum Gasteiger partial charge on any atom is 0.329 e. The van der Waals surface area contributed by atoms with Gasteiger partial charge in [0.05, 0.1) is 28.9 Å². The van der Waals surface area contributed by atoms with Crippen molar-refractivity contribution in [3.8, 4) is 0 Å². The summed E-state index contributed by atoms with van der Waals surface area (Å²) in [6.07, 6.45) is 1.77. The number of amides is 2.